The number of unbranched alkanes of at least 4 members (excludes halogenated alkanes) is 2. The number of nitrogens with zero attached hydrogens (tertiary/aromatic N) is 2. The van der Waals surface area contributed by atoms with Crippen molar-refractivity contribution in [1.82, 2.24) is 4.90 Å². The van der Waals surface area contributed by atoms with Gasteiger partial charge in [0.15, 0.2) is 0 Å². The van der Waals surface area contributed by atoms with Crippen molar-refractivity contribution in [3.8, 4) is 0 Å². The van der Waals surface area contributed by atoms with E-state index in [1.165, 1.54) is 4.90 Å². The van der Waals surface area contributed by atoms with Gasteiger partial charge in [-0.05, 0) is 57.6 Å². The summed E-state index contributed by atoms with van der Waals surface area (Å²) in [7, 11) is 0. The number of anilines is 1. The number of hydrogen-bond acceptors (Lipinski definition) is 6. The highest BCUT2D eigenvalue weighted by molar-refractivity contribution is 6.34. The molecule has 4 rings (SSSR count). The summed E-state index contributed by atoms with van der Waals surface area (Å²) < 4.78 is 12.2. The zero-order chi connectivity index (χ0) is 27.5. The molecule has 3 saturated heterocycles. The lowest BCUT2D eigenvalue weighted by Gasteiger charge is -2.37. The molecule has 0 radical (unpaired) electrons. The minimum Gasteiger partial charge on any atom is -0.465 e. The van der Waals surface area contributed by atoms with Crippen LogP contribution in [0.4, 0.5) is 5.69 Å². The van der Waals surface area contributed by atoms with Gasteiger partial charge in [-0.1, -0.05) is 35.9 Å². The number of allylic oxidation sites excluding steroid dienone is 1. The Balaban J connectivity index is 1.73. The summed E-state index contributed by atoms with van der Waals surface area (Å²) in [6, 6.07) is 6.09. The van der Waals surface area contributed by atoms with Gasteiger partial charge in [0.1, 0.15) is 17.6 Å². The number of fused-ring (bicyclic) bond motifs is 1. The molecule has 2 unspecified atom stereocenters. The summed E-state index contributed by atoms with van der Waals surface area (Å²) in [6.07, 6.45) is 6.73. The highest BCUT2D eigenvalue weighted by Crippen LogP contribution is 2.63. The van der Waals surface area contributed by atoms with Gasteiger partial charge in [0, 0.05) is 19.7 Å². The maximum absolute atomic E-state index is 14.4. The molecule has 0 saturated carbocycles. The third-order valence-electron chi connectivity index (χ3n) is 8.09. The van der Waals surface area contributed by atoms with Crippen LogP contribution >= 0.6 is 11.6 Å². The van der Waals surface area contributed by atoms with Crippen LogP contribution in [0, 0.1) is 11.8 Å². The molecule has 206 valence electrons. The largest absolute Gasteiger partial charge is 0.465 e. The molecule has 2 bridgehead atoms. The Hall–Kier alpha value is -2.68. The Bertz CT molecular complexity index is 1090. The second kappa shape index (κ2) is 11.6. The average Bonchev–Trinajstić information content (AvgIpc) is 3.46. The van der Waals surface area contributed by atoms with Crippen LogP contribution in [0.1, 0.15) is 45.4 Å². The van der Waals surface area contributed by atoms with E-state index in [9.17, 15) is 19.5 Å². The molecule has 2 amide bonds. The average molecular weight is 545 g/mol. The number of hydrogen-bond donors (Lipinski definition) is 1. The number of ether oxygens (including phenoxy) is 2. The molecule has 0 aromatic heterocycles. The smallest absolute Gasteiger partial charge is 0.312 e. The molecule has 5 atom stereocenters. The third-order valence-corrected chi connectivity index (χ3v) is 8.41. The van der Waals surface area contributed by atoms with Gasteiger partial charge in [-0.15, -0.1) is 13.2 Å². The molecule has 0 aliphatic carbocycles. The first-order valence-corrected chi connectivity index (χ1v) is 13.7. The number of rotatable bonds is 13. The van der Waals surface area contributed by atoms with E-state index in [2.05, 4.69) is 13.2 Å². The maximum Gasteiger partial charge on any atom is 0.312 e. The van der Waals surface area contributed by atoms with Crippen LogP contribution in [0.5, 0.6) is 0 Å². The van der Waals surface area contributed by atoms with E-state index in [0.29, 0.717) is 49.2 Å². The molecule has 38 heavy (non-hydrogen) atoms. The first-order valence-electron chi connectivity index (χ1n) is 13.3. The van der Waals surface area contributed by atoms with E-state index in [0.717, 1.165) is 0 Å². The fourth-order valence-corrected chi connectivity index (χ4v) is 6.68. The number of para-hydroxylation sites is 1. The quantitative estimate of drug-likeness (QED) is 0.230. The highest BCUT2D eigenvalue weighted by Gasteiger charge is 2.78. The molecule has 1 N–H and O–H groups in total. The van der Waals surface area contributed by atoms with E-state index >= 15 is 0 Å². The minimum atomic E-state index is -1.16. The first-order chi connectivity index (χ1) is 18.3. The zero-order valence-corrected chi connectivity index (χ0v) is 22.7. The van der Waals surface area contributed by atoms with Crippen molar-refractivity contribution in [3.05, 3.63) is 54.6 Å². The summed E-state index contributed by atoms with van der Waals surface area (Å²) in [6.45, 7) is 10.0. The highest BCUT2D eigenvalue weighted by atomic mass is 35.5. The Morgan fingerprint density at radius 2 is 2.00 bits per heavy atom. The standard InChI is InChI=1S/C29H37ClN2O6/c1-4-6-11-19-37-27(36)23-22-25(34)32(17-9-10-18-33)24(29(22)15-14-28(23,3)38-29)26(35)31(16-5-2)21-13-8-7-12-20(21)30/h4-5,7-8,12-13,22-24,33H,1-2,6,9-11,14-19H2,3H3/t22-,23+,24?,28-,29?/m0/s1. The number of benzene rings is 1. The van der Waals surface area contributed by atoms with Crippen molar-refractivity contribution in [1.29, 1.82) is 0 Å². The van der Waals surface area contributed by atoms with Gasteiger partial charge < -0.3 is 24.4 Å². The fourth-order valence-electron chi connectivity index (χ4n) is 6.44. The van der Waals surface area contributed by atoms with Crippen LogP contribution < -0.4 is 4.90 Å². The van der Waals surface area contributed by atoms with Crippen molar-refractivity contribution in [2.24, 2.45) is 11.8 Å². The predicted octanol–water partition coefficient (Wildman–Crippen LogP) is 3.91. The van der Waals surface area contributed by atoms with E-state index in [-0.39, 0.29) is 38.1 Å². The van der Waals surface area contributed by atoms with Gasteiger partial charge in [-0.3, -0.25) is 14.4 Å². The topological polar surface area (TPSA) is 96.4 Å². The van der Waals surface area contributed by atoms with Gasteiger partial charge in [-0.2, -0.15) is 0 Å². The van der Waals surface area contributed by atoms with Gasteiger partial charge in [0.25, 0.3) is 5.91 Å². The molecule has 3 fully saturated rings. The second-order valence-corrected chi connectivity index (χ2v) is 10.9. The second-order valence-electron chi connectivity index (χ2n) is 10.5. The Kier molecular flexibility index (Phi) is 8.65. The molecule has 8 nitrogen and oxygen atoms in total. The molecular formula is C29H37ClN2O6. The van der Waals surface area contributed by atoms with E-state index < -0.39 is 35.0 Å². The van der Waals surface area contributed by atoms with E-state index in [1.807, 2.05) is 6.92 Å². The van der Waals surface area contributed by atoms with Crippen LogP contribution in [0.15, 0.2) is 49.6 Å². The number of carbonyl (C=O) groups excluding carboxylic acids is 3. The zero-order valence-electron chi connectivity index (χ0n) is 21.9. The molecule has 9 heteroatoms. The molecular weight excluding hydrogens is 508 g/mol. The van der Waals surface area contributed by atoms with E-state index in [1.54, 1.807) is 41.3 Å². The summed E-state index contributed by atoms with van der Waals surface area (Å²) in [4.78, 5) is 44.9. The number of halogens is 1. The Labute approximate surface area is 229 Å². The van der Waals surface area contributed by atoms with E-state index in [4.69, 9.17) is 21.1 Å². The van der Waals surface area contributed by atoms with Crippen LogP contribution in [0.2, 0.25) is 5.02 Å². The van der Waals surface area contributed by atoms with Crippen molar-refractivity contribution in [2.75, 3.05) is 31.2 Å². The molecule has 3 heterocycles. The van der Waals surface area contributed by atoms with Crippen LogP contribution in [-0.4, -0.2) is 71.3 Å². The lowest BCUT2D eigenvalue weighted by molar-refractivity contribution is -0.159. The van der Waals surface area contributed by atoms with Crippen molar-refractivity contribution in [2.45, 2.75) is 62.7 Å². The van der Waals surface area contributed by atoms with Crippen LogP contribution in [-0.2, 0) is 23.9 Å². The lowest BCUT2D eigenvalue weighted by Crippen LogP contribution is -2.56. The van der Waals surface area contributed by atoms with Crippen molar-refractivity contribution >= 4 is 35.1 Å². The number of aliphatic hydroxyl groups excluding tert-OH is 1. The summed E-state index contributed by atoms with van der Waals surface area (Å²) in [5.41, 5.74) is -1.55. The molecule has 1 aromatic rings. The third kappa shape index (κ3) is 4.78. The number of carbonyl (C=O) groups is 3. The summed E-state index contributed by atoms with van der Waals surface area (Å²) in [5, 5.41) is 9.76. The molecule has 3 aliphatic heterocycles. The van der Waals surface area contributed by atoms with Gasteiger partial charge in [-0.25, -0.2) is 0 Å². The SMILES string of the molecule is C=CCCCOC(=O)[C@H]1[C@H]2C(=O)N(CCCCO)C(C(=O)N(CC=C)c3ccccc3Cl)C23CC[C@]1(C)O3. The minimum absolute atomic E-state index is 0.0222. The molecule has 1 aromatic carbocycles. The lowest BCUT2D eigenvalue weighted by atomic mass is 9.66. The number of amides is 2. The summed E-state index contributed by atoms with van der Waals surface area (Å²) in [5.74, 6) is -2.71. The van der Waals surface area contributed by atoms with Crippen molar-refractivity contribution in [3.63, 3.8) is 0 Å². The molecule has 1 spiro atoms. The molecule has 3 aliphatic rings. The predicted molar refractivity (Wildman–Crippen MR) is 145 cm³/mol. The first kappa shape index (κ1) is 28.3. The number of esters is 1. The number of aliphatic hydroxyl groups is 1. The maximum atomic E-state index is 14.4. The Morgan fingerprint density at radius 3 is 2.68 bits per heavy atom. The fraction of sp³-hybridized carbons (Fsp3) is 0.552. The normalized spacial score (nSPS) is 29.3. The van der Waals surface area contributed by atoms with Gasteiger partial charge in [0.2, 0.25) is 5.91 Å². The van der Waals surface area contributed by atoms with Crippen LogP contribution in [0.3, 0.4) is 0 Å². The number of likely N-dealkylation sites (tertiary alicyclic amines) is 1. The van der Waals surface area contributed by atoms with Crippen LogP contribution in [0.25, 0.3) is 0 Å². The van der Waals surface area contributed by atoms with Gasteiger partial charge >= 0.3 is 5.97 Å². The summed E-state index contributed by atoms with van der Waals surface area (Å²) >= 11 is 6.48. The monoisotopic (exact) mass is 544 g/mol. The van der Waals surface area contributed by atoms with Crippen molar-refractivity contribution < 1.29 is 29.0 Å². The Morgan fingerprint density at radius 1 is 1.24 bits per heavy atom. The van der Waals surface area contributed by atoms with Gasteiger partial charge in [0.05, 0.1) is 28.8 Å².